The molecule has 5 heteroatoms. The number of aliphatic hydroxyl groups excluding tert-OH is 1. The lowest BCUT2D eigenvalue weighted by atomic mass is 10.2. The Kier molecular flexibility index (Phi) is 4.37. The number of aliphatic hydroxyl groups is 1. The van der Waals surface area contributed by atoms with E-state index in [-0.39, 0.29) is 6.54 Å². The second-order valence-corrected chi connectivity index (χ2v) is 3.49. The van der Waals surface area contributed by atoms with Crippen LogP contribution in [0.15, 0.2) is 18.2 Å². The van der Waals surface area contributed by atoms with Gasteiger partial charge in [0.05, 0.1) is 6.10 Å². The minimum atomic E-state index is -0.894. The summed E-state index contributed by atoms with van der Waals surface area (Å²) >= 11 is 0. The number of rotatable bonds is 4. The van der Waals surface area contributed by atoms with E-state index in [2.05, 4.69) is 5.32 Å². The quantitative estimate of drug-likeness (QED) is 0.821. The van der Waals surface area contributed by atoms with Crippen LogP contribution in [0.4, 0.5) is 8.78 Å². The normalized spacial score (nSPS) is 12.2. The summed E-state index contributed by atoms with van der Waals surface area (Å²) in [6, 6.07) is 3.23. The van der Waals surface area contributed by atoms with Gasteiger partial charge in [-0.3, -0.25) is 4.79 Å². The number of hydrogen-bond donors (Lipinski definition) is 2. The highest BCUT2D eigenvalue weighted by atomic mass is 19.1. The van der Waals surface area contributed by atoms with Crippen LogP contribution < -0.4 is 5.32 Å². The Morgan fingerprint density at radius 3 is 2.50 bits per heavy atom. The Morgan fingerprint density at radius 2 is 2.00 bits per heavy atom. The monoisotopic (exact) mass is 229 g/mol. The first kappa shape index (κ1) is 12.6. The summed E-state index contributed by atoms with van der Waals surface area (Å²) in [5.74, 6) is -2.60. The first-order valence-corrected chi connectivity index (χ1v) is 4.92. The van der Waals surface area contributed by atoms with Crippen LogP contribution in [0, 0.1) is 11.6 Å². The van der Waals surface area contributed by atoms with Crippen LogP contribution in [-0.2, 0) is 0 Å². The Morgan fingerprint density at radius 1 is 1.44 bits per heavy atom. The van der Waals surface area contributed by atoms with E-state index in [0.29, 0.717) is 6.42 Å². The topological polar surface area (TPSA) is 49.3 Å². The molecule has 1 aromatic carbocycles. The SMILES string of the molecule is CC(O)CCNC(=O)c1c(F)cccc1F. The maximum Gasteiger partial charge on any atom is 0.257 e. The van der Waals surface area contributed by atoms with Gasteiger partial charge in [-0.15, -0.1) is 0 Å². The molecule has 0 aromatic heterocycles. The molecule has 0 fully saturated rings. The van der Waals surface area contributed by atoms with Crippen molar-refractivity contribution >= 4 is 5.91 Å². The van der Waals surface area contributed by atoms with E-state index in [1.54, 1.807) is 6.92 Å². The largest absolute Gasteiger partial charge is 0.393 e. The van der Waals surface area contributed by atoms with Gasteiger partial charge in [-0.25, -0.2) is 8.78 Å². The molecular formula is C11H13F2NO2. The zero-order valence-electron chi connectivity index (χ0n) is 8.84. The van der Waals surface area contributed by atoms with Gasteiger partial charge in [0.15, 0.2) is 0 Å². The van der Waals surface area contributed by atoms with Crippen molar-refractivity contribution in [3.63, 3.8) is 0 Å². The van der Waals surface area contributed by atoms with E-state index in [1.165, 1.54) is 6.07 Å². The molecule has 0 saturated heterocycles. The predicted molar refractivity (Wildman–Crippen MR) is 55.0 cm³/mol. The van der Waals surface area contributed by atoms with Gasteiger partial charge in [0.1, 0.15) is 17.2 Å². The molecule has 0 aliphatic heterocycles. The highest BCUT2D eigenvalue weighted by Crippen LogP contribution is 2.11. The maximum absolute atomic E-state index is 13.1. The molecule has 1 rings (SSSR count). The van der Waals surface area contributed by atoms with Crippen LogP contribution >= 0.6 is 0 Å². The van der Waals surface area contributed by atoms with Gasteiger partial charge in [0, 0.05) is 6.54 Å². The number of carbonyl (C=O) groups excluding carboxylic acids is 1. The van der Waals surface area contributed by atoms with Crippen molar-refractivity contribution in [2.45, 2.75) is 19.4 Å². The van der Waals surface area contributed by atoms with Crippen molar-refractivity contribution in [1.82, 2.24) is 5.32 Å². The van der Waals surface area contributed by atoms with Crippen molar-refractivity contribution in [2.24, 2.45) is 0 Å². The molecule has 0 aliphatic carbocycles. The third-order valence-electron chi connectivity index (χ3n) is 2.04. The molecule has 1 atom stereocenters. The van der Waals surface area contributed by atoms with E-state index >= 15 is 0 Å². The average molecular weight is 229 g/mol. The third kappa shape index (κ3) is 3.27. The Hall–Kier alpha value is -1.49. The molecule has 0 aliphatic rings. The molecule has 0 bridgehead atoms. The van der Waals surface area contributed by atoms with Crippen LogP contribution in [0.2, 0.25) is 0 Å². The zero-order valence-corrected chi connectivity index (χ0v) is 8.84. The van der Waals surface area contributed by atoms with Crippen molar-refractivity contribution < 1.29 is 18.7 Å². The van der Waals surface area contributed by atoms with Gasteiger partial charge in [-0.1, -0.05) is 6.07 Å². The molecule has 0 spiro atoms. The summed E-state index contributed by atoms with van der Waals surface area (Å²) in [6.45, 7) is 1.74. The number of halogens is 2. The number of carbonyl (C=O) groups is 1. The summed E-state index contributed by atoms with van der Waals surface area (Å²) in [5, 5.41) is 11.3. The average Bonchev–Trinajstić information content (AvgIpc) is 2.16. The summed E-state index contributed by atoms with van der Waals surface area (Å²) < 4.78 is 26.3. The Bertz CT molecular complexity index is 360. The zero-order chi connectivity index (χ0) is 12.1. The number of amides is 1. The summed E-state index contributed by atoms with van der Waals surface area (Å²) in [7, 11) is 0. The van der Waals surface area contributed by atoms with E-state index in [0.717, 1.165) is 12.1 Å². The molecule has 1 unspecified atom stereocenters. The minimum absolute atomic E-state index is 0.171. The molecule has 16 heavy (non-hydrogen) atoms. The highest BCUT2D eigenvalue weighted by Gasteiger charge is 2.16. The minimum Gasteiger partial charge on any atom is -0.393 e. The lowest BCUT2D eigenvalue weighted by Crippen LogP contribution is -2.28. The summed E-state index contributed by atoms with van der Waals surface area (Å²) in [4.78, 5) is 11.4. The third-order valence-corrected chi connectivity index (χ3v) is 2.04. The van der Waals surface area contributed by atoms with E-state index in [4.69, 9.17) is 5.11 Å². The van der Waals surface area contributed by atoms with Gasteiger partial charge in [-0.05, 0) is 25.5 Å². The molecule has 1 amide bonds. The van der Waals surface area contributed by atoms with Crippen molar-refractivity contribution in [2.75, 3.05) is 6.54 Å². The lowest BCUT2D eigenvalue weighted by Gasteiger charge is -2.07. The predicted octanol–water partition coefficient (Wildman–Crippen LogP) is 1.47. The van der Waals surface area contributed by atoms with Crippen molar-refractivity contribution in [1.29, 1.82) is 0 Å². The van der Waals surface area contributed by atoms with Crippen LogP contribution in [0.25, 0.3) is 0 Å². The second kappa shape index (κ2) is 5.55. The number of benzene rings is 1. The van der Waals surface area contributed by atoms with E-state index in [9.17, 15) is 13.6 Å². The van der Waals surface area contributed by atoms with E-state index < -0.39 is 29.2 Å². The van der Waals surface area contributed by atoms with Gasteiger partial charge in [-0.2, -0.15) is 0 Å². The molecule has 88 valence electrons. The maximum atomic E-state index is 13.1. The fourth-order valence-electron chi connectivity index (χ4n) is 1.20. The van der Waals surface area contributed by atoms with E-state index in [1.807, 2.05) is 0 Å². The molecule has 3 nitrogen and oxygen atoms in total. The first-order valence-electron chi connectivity index (χ1n) is 4.92. The summed E-state index contributed by atoms with van der Waals surface area (Å²) in [5.41, 5.74) is -0.590. The van der Waals surface area contributed by atoms with Crippen molar-refractivity contribution in [3.8, 4) is 0 Å². The highest BCUT2D eigenvalue weighted by molar-refractivity contribution is 5.94. The van der Waals surface area contributed by atoms with Crippen LogP contribution in [0.5, 0.6) is 0 Å². The van der Waals surface area contributed by atoms with Crippen LogP contribution in [0.3, 0.4) is 0 Å². The van der Waals surface area contributed by atoms with Crippen molar-refractivity contribution in [3.05, 3.63) is 35.4 Å². The Labute approximate surface area is 92.1 Å². The Balaban J connectivity index is 2.66. The molecule has 0 heterocycles. The molecule has 0 radical (unpaired) electrons. The van der Waals surface area contributed by atoms with Gasteiger partial charge in [0.25, 0.3) is 5.91 Å². The molecule has 0 saturated carbocycles. The number of hydrogen-bond acceptors (Lipinski definition) is 2. The molecule has 1 aromatic rings. The second-order valence-electron chi connectivity index (χ2n) is 3.49. The fraction of sp³-hybridized carbons (Fsp3) is 0.364. The lowest BCUT2D eigenvalue weighted by molar-refractivity contribution is 0.0937. The van der Waals surface area contributed by atoms with Gasteiger partial charge >= 0.3 is 0 Å². The van der Waals surface area contributed by atoms with Gasteiger partial charge < -0.3 is 10.4 Å². The van der Waals surface area contributed by atoms with Crippen LogP contribution in [-0.4, -0.2) is 23.7 Å². The number of nitrogens with one attached hydrogen (secondary N) is 1. The molecular weight excluding hydrogens is 216 g/mol. The standard InChI is InChI=1S/C11H13F2NO2/c1-7(15)5-6-14-11(16)10-8(12)3-2-4-9(10)13/h2-4,7,15H,5-6H2,1H3,(H,14,16). The summed E-state index contributed by atoms with van der Waals surface area (Å²) in [6.07, 6.45) is -0.229. The fourth-order valence-corrected chi connectivity index (χ4v) is 1.20. The smallest absolute Gasteiger partial charge is 0.257 e. The van der Waals surface area contributed by atoms with Crippen LogP contribution in [0.1, 0.15) is 23.7 Å². The van der Waals surface area contributed by atoms with Gasteiger partial charge in [0.2, 0.25) is 0 Å². The molecule has 2 N–H and O–H groups in total. The first-order chi connectivity index (χ1) is 7.52.